The highest BCUT2D eigenvalue weighted by Gasteiger charge is 2.34. The third-order valence-corrected chi connectivity index (χ3v) is 9.64. The number of ether oxygens (including phenoxy) is 6. The summed E-state index contributed by atoms with van der Waals surface area (Å²) >= 11 is 0. The molecule has 0 aliphatic carbocycles. The molecule has 0 fully saturated rings. The Morgan fingerprint density at radius 3 is 1.18 bits per heavy atom. The van der Waals surface area contributed by atoms with Gasteiger partial charge in [-0.1, -0.05) is 72.8 Å². The molecule has 4 rings (SSSR count). The van der Waals surface area contributed by atoms with Crippen molar-refractivity contribution in [2.75, 3.05) is 42.7 Å². The SMILES string of the molecule is COc1ccc(C(C=Cc2cccc(OC)c2OC)S(=O)(=O)C(C=Cc2cccc(OC)c2OC)c2ccc(OC)cc2)cc1. The first-order valence-corrected chi connectivity index (χ1v) is 15.7. The molecular weight excluding hydrogens is 592 g/mol. The van der Waals surface area contributed by atoms with Gasteiger partial charge in [-0.25, -0.2) is 8.42 Å². The number of hydrogen-bond donors (Lipinski definition) is 0. The molecular formula is C36H38O8S. The van der Waals surface area contributed by atoms with Crippen molar-refractivity contribution >= 4 is 22.0 Å². The maximum absolute atomic E-state index is 14.9. The van der Waals surface area contributed by atoms with Crippen molar-refractivity contribution in [3.05, 3.63) is 119 Å². The zero-order valence-corrected chi connectivity index (χ0v) is 27.0. The minimum absolute atomic E-state index is 0.499. The third-order valence-electron chi connectivity index (χ3n) is 7.36. The second kappa shape index (κ2) is 15.2. The van der Waals surface area contributed by atoms with Gasteiger partial charge < -0.3 is 28.4 Å². The van der Waals surface area contributed by atoms with Crippen LogP contribution in [0.25, 0.3) is 12.2 Å². The molecule has 0 heterocycles. The van der Waals surface area contributed by atoms with Crippen molar-refractivity contribution in [3.63, 3.8) is 0 Å². The van der Waals surface area contributed by atoms with Crippen LogP contribution < -0.4 is 28.4 Å². The molecule has 0 saturated carbocycles. The summed E-state index contributed by atoms with van der Waals surface area (Å²) in [4.78, 5) is 0. The Morgan fingerprint density at radius 1 is 0.489 bits per heavy atom. The van der Waals surface area contributed by atoms with E-state index in [-0.39, 0.29) is 0 Å². The summed E-state index contributed by atoms with van der Waals surface area (Å²) in [5, 5.41) is -2.11. The third kappa shape index (κ3) is 7.44. The van der Waals surface area contributed by atoms with Gasteiger partial charge in [0.15, 0.2) is 32.8 Å². The molecule has 2 unspecified atom stereocenters. The molecule has 0 spiro atoms. The normalized spacial score (nSPS) is 12.9. The van der Waals surface area contributed by atoms with Gasteiger partial charge in [-0.2, -0.15) is 0 Å². The quantitative estimate of drug-likeness (QED) is 0.143. The first-order chi connectivity index (χ1) is 21.8. The Bertz CT molecular complexity index is 1600. The number of benzene rings is 4. The lowest BCUT2D eigenvalue weighted by Crippen LogP contribution is -2.19. The molecule has 8 nitrogen and oxygen atoms in total. The zero-order valence-electron chi connectivity index (χ0n) is 26.2. The van der Waals surface area contributed by atoms with Gasteiger partial charge in [0.1, 0.15) is 22.0 Å². The highest BCUT2D eigenvalue weighted by atomic mass is 32.2. The van der Waals surface area contributed by atoms with Gasteiger partial charge in [0.05, 0.1) is 42.7 Å². The van der Waals surface area contributed by atoms with Gasteiger partial charge in [0.25, 0.3) is 0 Å². The number of para-hydroxylation sites is 2. The molecule has 4 aromatic rings. The summed E-state index contributed by atoms with van der Waals surface area (Å²) < 4.78 is 62.5. The van der Waals surface area contributed by atoms with Crippen molar-refractivity contribution in [1.82, 2.24) is 0 Å². The minimum atomic E-state index is -4.02. The number of sulfone groups is 1. The Labute approximate surface area is 265 Å². The fourth-order valence-electron chi connectivity index (χ4n) is 5.03. The monoisotopic (exact) mass is 630 g/mol. The highest BCUT2D eigenvalue weighted by molar-refractivity contribution is 7.92. The molecule has 0 N–H and O–H groups in total. The molecule has 0 saturated heterocycles. The second-order valence-corrected chi connectivity index (χ2v) is 12.1. The molecule has 45 heavy (non-hydrogen) atoms. The fraction of sp³-hybridized carbons (Fsp3) is 0.222. The van der Waals surface area contributed by atoms with Crippen LogP contribution in [0.4, 0.5) is 0 Å². The molecule has 9 heteroatoms. The molecule has 0 aliphatic heterocycles. The molecule has 0 aliphatic rings. The Hall–Kier alpha value is -4.89. The highest BCUT2D eigenvalue weighted by Crippen LogP contribution is 2.40. The van der Waals surface area contributed by atoms with E-state index in [4.69, 9.17) is 28.4 Å². The van der Waals surface area contributed by atoms with Crippen LogP contribution in [0.3, 0.4) is 0 Å². The van der Waals surface area contributed by atoms with E-state index in [0.717, 1.165) is 0 Å². The molecule has 0 bridgehead atoms. The number of rotatable bonds is 14. The van der Waals surface area contributed by atoms with Crippen LogP contribution in [-0.2, 0) is 9.84 Å². The predicted molar refractivity (Wildman–Crippen MR) is 178 cm³/mol. The minimum Gasteiger partial charge on any atom is -0.497 e. The largest absolute Gasteiger partial charge is 0.497 e. The maximum Gasteiger partial charge on any atom is 0.171 e. The first kappa shape index (κ1) is 33.0. The average molecular weight is 631 g/mol. The summed E-state index contributed by atoms with van der Waals surface area (Å²) in [5.74, 6) is 3.30. The zero-order chi connectivity index (χ0) is 32.4. The number of hydrogen-bond acceptors (Lipinski definition) is 8. The Balaban J connectivity index is 1.90. The smallest absolute Gasteiger partial charge is 0.171 e. The van der Waals surface area contributed by atoms with Gasteiger partial charge >= 0.3 is 0 Å². The van der Waals surface area contributed by atoms with E-state index in [9.17, 15) is 8.42 Å². The predicted octanol–water partition coefficient (Wildman–Crippen LogP) is 7.36. The lowest BCUT2D eigenvalue weighted by atomic mass is 10.1. The van der Waals surface area contributed by atoms with Gasteiger partial charge in [0, 0.05) is 11.1 Å². The van der Waals surface area contributed by atoms with Gasteiger partial charge in [0.2, 0.25) is 0 Å². The van der Waals surface area contributed by atoms with Crippen LogP contribution in [-0.4, -0.2) is 51.1 Å². The van der Waals surface area contributed by atoms with Crippen LogP contribution in [0.1, 0.15) is 32.8 Å². The summed E-state index contributed by atoms with van der Waals surface area (Å²) in [5.41, 5.74) is 2.48. The van der Waals surface area contributed by atoms with Crippen molar-refractivity contribution in [3.8, 4) is 34.5 Å². The van der Waals surface area contributed by atoms with Crippen LogP contribution in [0.15, 0.2) is 97.1 Å². The van der Waals surface area contributed by atoms with E-state index in [1.165, 1.54) is 0 Å². The van der Waals surface area contributed by atoms with Crippen molar-refractivity contribution in [2.45, 2.75) is 10.5 Å². The van der Waals surface area contributed by atoms with Gasteiger partial charge in [-0.3, -0.25) is 0 Å². The van der Waals surface area contributed by atoms with E-state index in [2.05, 4.69) is 0 Å². The maximum atomic E-state index is 14.9. The second-order valence-electron chi connectivity index (χ2n) is 9.86. The topological polar surface area (TPSA) is 89.5 Å². The molecule has 4 aromatic carbocycles. The van der Waals surface area contributed by atoms with E-state index in [1.807, 2.05) is 24.3 Å². The molecule has 0 aromatic heterocycles. The van der Waals surface area contributed by atoms with E-state index < -0.39 is 20.3 Å². The lowest BCUT2D eigenvalue weighted by Gasteiger charge is -2.22. The lowest BCUT2D eigenvalue weighted by molar-refractivity contribution is 0.354. The van der Waals surface area contributed by atoms with Crippen LogP contribution >= 0.6 is 0 Å². The van der Waals surface area contributed by atoms with Gasteiger partial charge in [-0.05, 0) is 47.5 Å². The van der Waals surface area contributed by atoms with Crippen molar-refractivity contribution in [1.29, 1.82) is 0 Å². The molecule has 0 radical (unpaired) electrons. The van der Waals surface area contributed by atoms with E-state index in [0.29, 0.717) is 56.8 Å². The van der Waals surface area contributed by atoms with Crippen LogP contribution in [0, 0.1) is 0 Å². The number of methoxy groups -OCH3 is 6. The summed E-state index contributed by atoms with van der Waals surface area (Å²) in [6, 6.07) is 24.9. The summed E-state index contributed by atoms with van der Waals surface area (Å²) in [6.45, 7) is 0. The average Bonchev–Trinajstić information content (AvgIpc) is 3.08. The Kier molecular flexibility index (Phi) is 11.2. The van der Waals surface area contributed by atoms with Gasteiger partial charge in [-0.15, -0.1) is 0 Å². The molecule has 2 atom stereocenters. The van der Waals surface area contributed by atoms with E-state index in [1.54, 1.807) is 128 Å². The van der Waals surface area contributed by atoms with Crippen molar-refractivity contribution in [2.24, 2.45) is 0 Å². The van der Waals surface area contributed by atoms with Crippen LogP contribution in [0.2, 0.25) is 0 Å². The standard InChI is InChI=1S/C36H38O8S/c1-39-29-19-13-25(14-20-29)33(23-17-27-9-7-11-31(41-3)35(27)43-5)45(37,38)34(26-15-21-30(40-2)22-16-26)24-18-28-10-8-12-32(42-4)36(28)44-6/h7-24,33-34H,1-6H3. The summed E-state index contributed by atoms with van der Waals surface area (Å²) in [7, 11) is 5.31. The van der Waals surface area contributed by atoms with E-state index >= 15 is 0 Å². The first-order valence-electron chi connectivity index (χ1n) is 14.1. The molecule has 236 valence electrons. The molecule has 0 amide bonds. The van der Waals surface area contributed by atoms with Crippen LogP contribution in [0.5, 0.6) is 34.5 Å². The fourth-order valence-corrected chi connectivity index (χ4v) is 7.02. The van der Waals surface area contributed by atoms with Crippen molar-refractivity contribution < 1.29 is 36.8 Å². The Morgan fingerprint density at radius 2 is 0.867 bits per heavy atom. The summed E-state index contributed by atoms with van der Waals surface area (Å²) in [6.07, 6.45) is 6.83.